The molecule has 0 spiro atoms. The summed E-state index contributed by atoms with van der Waals surface area (Å²) in [7, 11) is 0. The van der Waals surface area contributed by atoms with E-state index in [0.29, 0.717) is 11.6 Å². The van der Waals surface area contributed by atoms with Gasteiger partial charge in [-0.1, -0.05) is 26.7 Å². The lowest BCUT2D eigenvalue weighted by atomic mass is 10.1. The number of anilines is 3. The van der Waals surface area contributed by atoms with Crippen molar-refractivity contribution in [1.82, 2.24) is 9.97 Å². The Morgan fingerprint density at radius 1 is 1.25 bits per heavy atom. The highest BCUT2D eigenvalue weighted by molar-refractivity contribution is 5.48. The van der Waals surface area contributed by atoms with Gasteiger partial charge in [-0.25, -0.2) is 0 Å². The summed E-state index contributed by atoms with van der Waals surface area (Å²) >= 11 is 0. The van der Waals surface area contributed by atoms with Crippen molar-refractivity contribution < 1.29 is 0 Å². The highest BCUT2D eigenvalue weighted by Crippen LogP contribution is 2.10. The molecule has 1 aromatic rings. The molecule has 0 fully saturated rings. The molecule has 0 aliphatic rings. The first kappa shape index (κ1) is 12.5. The highest BCUT2D eigenvalue weighted by atomic mass is 15.1. The third-order valence-electron chi connectivity index (χ3n) is 2.28. The lowest BCUT2D eigenvalue weighted by Gasteiger charge is -2.07. The van der Waals surface area contributed by atoms with Gasteiger partial charge in [0.15, 0.2) is 0 Å². The number of nitrogens with two attached hydrogens (primary N) is 2. The molecule has 90 valence electrons. The molecule has 1 rings (SSSR count). The summed E-state index contributed by atoms with van der Waals surface area (Å²) < 4.78 is 0. The van der Waals surface area contributed by atoms with Gasteiger partial charge in [-0.3, -0.25) is 0 Å². The van der Waals surface area contributed by atoms with Gasteiger partial charge >= 0.3 is 0 Å². The predicted molar refractivity (Wildman–Crippen MR) is 68.0 cm³/mol. The molecule has 0 atom stereocenters. The molecule has 5 heteroatoms. The zero-order valence-corrected chi connectivity index (χ0v) is 10.0. The Labute approximate surface area is 96.7 Å². The van der Waals surface area contributed by atoms with E-state index in [1.54, 1.807) is 6.07 Å². The van der Waals surface area contributed by atoms with Crippen LogP contribution in [0, 0.1) is 5.92 Å². The molecule has 0 saturated heterocycles. The topological polar surface area (TPSA) is 89.8 Å². The van der Waals surface area contributed by atoms with E-state index in [-0.39, 0.29) is 5.95 Å². The molecular weight excluding hydrogens is 202 g/mol. The number of hydrogen-bond donors (Lipinski definition) is 3. The Bertz CT molecular complexity index is 304. The van der Waals surface area contributed by atoms with Crippen LogP contribution in [-0.2, 0) is 0 Å². The quantitative estimate of drug-likeness (QED) is 0.641. The fourth-order valence-corrected chi connectivity index (χ4v) is 1.47. The molecule has 5 nitrogen and oxygen atoms in total. The van der Waals surface area contributed by atoms with Crippen LogP contribution in [0.3, 0.4) is 0 Å². The highest BCUT2D eigenvalue weighted by Gasteiger charge is 1.99. The lowest BCUT2D eigenvalue weighted by Crippen LogP contribution is -2.07. The minimum absolute atomic E-state index is 0.213. The van der Waals surface area contributed by atoms with Crippen LogP contribution in [0.2, 0.25) is 0 Å². The fraction of sp³-hybridized carbons (Fsp3) is 0.636. The normalized spacial score (nSPS) is 10.7. The molecule has 0 unspecified atom stereocenters. The van der Waals surface area contributed by atoms with Crippen molar-refractivity contribution in [2.24, 2.45) is 5.92 Å². The van der Waals surface area contributed by atoms with Crippen molar-refractivity contribution in [3.05, 3.63) is 6.07 Å². The average molecular weight is 223 g/mol. The molecule has 5 N–H and O–H groups in total. The average Bonchev–Trinajstić information content (AvgIpc) is 2.15. The Balaban J connectivity index is 2.26. The van der Waals surface area contributed by atoms with Crippen LogP contribution in [0.25, 0.3) is 0 Å². The second-order valence-corrected chi connectivity index (χ2v) is 4.35. The summed E-state index contributed by atoms with van der Waals surface area (Å²) in [4.78, 5) is 7.85. The van der Waals surface area contributed by atoms with Gasteiger partial charge in [-0.15, -0.1) is 0 Å². The minimum Gasteiger partial charge on any atom is -0.383 e. The minimum atomic E-state index is 0.213. The van der Waals surface area contributed by atoms with E-state index in [2.05, 4.69) is 29.1 Å². The van der Waals surface area contributed by atoms with Gasteiger partial charge in [0.2, 0.25) is 5.95 Å². The van der Waals surface area contributed by atoms with Crippen molar-refractivity contribution in [2.45, 2.75) is 33.1 Å². The predicted octanol–water partition coefficient (Wildman–Crippen LogP) is 1.88. The van der Waals surface area contributed by atoms with Crippen LogP contribution in [-0.4, -0.2) is 16.5 Å². The molecule has 0 amide bonds. The molecule has 0 aliphatic carbocycles. The van der Waals surface area contributed by atoms with E-state index in [0.717, 1.165) is 18.9 Å². The molecule has 1 aromatic heterocycles. The first-order valence-electron chi connectivity index (χ1n) is 5.72. The largest absolute Gasteiger partial charge is 0.383 e. The smallest absolute Gasteiger partial charge is 0.223 e. The van der Waals surface area contributed by atoms with Crippen LogP contribution in [0.1, 0.15) is 33.1 Å². The molecule has 1 heterocycles. The van der Waals surface area contributed by atoms with Gasteiger partial charge in [-0.2, -0.15) is 9.97 Å². The van der Waals surface area contributed by atoms with Gasteiger partial charge in [0.1, 0.15) is 11.6 Å². The first-order chi connectivity index (χ1) is 7.58. The van der Waals surface area contributed by atoms with E-state index < -0.39 is 0 Å². The molecule has 0 radical (unpaired) electrons. The van der Waals surface area contributed by atoms with Crippen LogP contribution in [0.15, 0.2) is 6.07 Å². The van der Waals surface area contributed by atoms with E-state index in [9.17, 15) is 0 Å². The summed E-state index contributed by atoms with van der Waals surface area (Å²) in [6.07, 6.45) is 3.61. The Kier molecular flexibility index (Phi) is 4.82. The van der Waals surface area contributed by atoms with E-state index in [1.165, 1.54) is 12.8 Å². The first-order valence-corrected chi connectivity index (χ1v) is 5.72. The third kappa shape index (κ3) is 4.82. The summed E-state index contributed by atoms with van der Waals surface area (Å²) in [5.74, 6) is 2.08. The van der Waals surface area contributed by atoms with Gasteiger partial charge < -0.3 is 16.8 Å². The molecule has 0 saturated carbocycles. The summed E-state index contributed by atoms with van der Waals surface area (Å²) in [5, 5.41) is 3.19. The number of nitrogens with one attached hydrogen (secondary N) is 1. The van der Waals surface area contributed by atoms with E-state index in [1.807, 2.05) is 0 Å². The standard InChI is InChI=1S/C11H21N5/c1-8(2)5-3-4-6-14-10-7-9(12)15-11(13)16-10/h7-8H,3-6H2,1-2H3,(H5,12,13,14,15,16). The number of aromatic nitrogens is 2. The van der Waals surface area contributed by atoms with Crippen molar-refractivity contribution in [3.8, 4) is 0 Å². The molecule has 0 bridgehead atoms. The van der Waals surface area contributed by atoms with Crippen molar-refractivity contribution in [1.29, 1.82) is 0 Å². The second-order valence-electron chi connectivity index (χ2n) is 4.35. The lowest BCUT2D eigenvalue weighted by molar-refractivity contribution is 0.544. The number of rotatable bonds is 6. The Morgan fingerprint density at radius 3 is 2.62 bits per heavy atom. The zero-order chi connectivity index (χ0) is 12.0. The van der Waals surface area contributed by atoms with Crippen LogP contribution in [0.4, 0.5) is 17.6 Å². The number of nitrogen functional groups attached to an aromatic ring is 2. The third-order valence-corrected chi connectivity index (χ3v) is 2.28. The van der Waals surface area contributed by atoms with Crippen LogP contribution in [0.5, 0.6) is 0 Å². The maximum Gasteiger partial charge on any atom is 0.223 e. The molecule has 16 heavy (non-hydrogen) atoms. The summed E-state index contributed by atoms with van der Waals surface area (Å²) in [6, 6.07) is 1.69. The van der Waals surface area contributed by atoms with E-state index >= 15 is 0 Å². The van der Waals surface area contributed by atoms with Crippen LogP contribution < -0.4 is 16.8 Å². The maximum absolute atomic E-state index is 5.56. The maximum atomic E-state index is 5.56. The van der Waals surface area contributed by atoms with Crippen molar-refractivity contribution in [3.63, 3.8) is 0 Å². The van der Waals surface area contributed by atoms with Gasteiger partial charge in [0.25, 0.3) is 0 Å². The van der Waals surface area contributed by atoms with Gasteiger partial charge in [0, 0.05) is 12.6 Å². The van der Waals surface area contributed by atoms with Crippen molar-refractivity contribution in [2.75, 3.05) is 23.3 Å². The monoisotopic (exact) mass is 223 g/mol. The second kappa shape index (κ2) is 6.15. The van der Waals surface area contributed by atoms with Crippen molar-refractivity contribution >= 4 is 17.6 Å². The SMILES string of the molecule is CC(C)CCCCNc1cc(N)nc(N)n1. The molecule has 0 aromatic carbocycles. The molecule has 0 aliphatic heterocycles. The van der Waals surface area contributed by atoms with Gasteiger partial charge in [-0.05, 0) is 12.3 Å². The number of hydrogen-bond acceptors (Lipinski definition) is 5. The Morgan fingerprint density at radius 2 is 2.00 bits per heavy atom. The number of nitrogens with zero attached hydrogens (tertiary/aromatic N) is 2. The Hall–Kier alpha value is -1.52. The zero-order valence-electron chi connectivity index (χ0n) is 10.0. The molecular formula is C11H21N5. The van der Waals surface area contributed by atoms with Crippen LogP contribution >= 0.6 is 0 Å². The fourth-order valence-electron chi connectivity index (χ4n) is 1.47. The van der Waals surface area contributed by atoms with Gasteiger partial charge in [0.05, 0.1) is 0 Å². The number of unbranched alkanes of at least 4 members (excludes halogenated alkanes) is 1. The summed E-state index contributed by atoms with van der Waals surface area (Å²) in [5.41, 5.74) is 11.0. The van der Waals surface area contributed by atoms with E-state index in [4.69, 9.17) is 11.5 Å². The summed E-state index contributed by atoms with van der Waals surface area (Å²) in [6.45, 7) is 5.36.